The lowest BCUT2D eigenvalue weighted by Crippen LogP contribution is -2.32. The molecule has 2 N–H and O–H groups in total. The van der Waals surface area contributed by atoms with Gasteiger partial charge in [0, 0.05) is 24.7 Å². The van der Waals surface area contributed by atoms with Crippen molar-refractivity contribution in [2.45, 2.75) is 57.8 Å². The average Bonchev–Trinajstić information content (AvgIpc) is 2.69. The fraction of sp³-hybridized carbons (Fsp3) is 0.458. The lowest BCUT2D eigenvalue weighted by molar-refractivity contribution is -0.120. The van der Waals surface area contributed by atoms with Gasteiger partial charge < -0.3 is 10.6 Å². The highest BCUT2D eigenvalue weighted by molar-refractivity contribution is 5.83. The molecular weight excluding hydrogens is 332 g/mol. The third-order valence-corrected chi connectivity index (χ3v) is 5.78. The molecule has 3 heteroatoms. The monoisotopic (exact) mass is 364 g/mol. The second-order valence-electron chi connectivity index (χ2n) is 7.79. The van der Waals surface area contributed by atoms with E-state index in [1.165, 1.54) is 36.1 Å². The second-order valence-corrected chi connectivity index (χ2v) is 7.79. The average molecular weight is 365 g/mol. The van der Waals surface area contributed by atoms with Crippen LogP contribution in [0.25, 0.3) is 0 Å². The third-order valence-electron chi connectivity index (χ3n) is 5.78. The summed E-state index contributed by atoms with van der Waals surface area (Å²) in [6, 6.07) is 16.9. The zero-order valence-electron chi connectivity index (χ0n) is 16.7. The first-order valence-corrected chi connectivity index (χ1v) is 10.3. The van der Waals surface area contributed by atoms with Crippen LogP contribution in [0.3, 0.4) is 0 Å². The van der Waals surface area contributed by atoms with Gasteiger partial charge in [-0.25, -0.2) is 0 Å². The molecule has 2 atom stereocenters. The third kappa shape index (κ3) is 4.52. The Bertz CT molecular complexity index is 747. The molecular formula is C24H32N2O. The van der Waals surface area contributed by atoms with Gasteiger partial charge in [-0.15, -0.1) is 0 Å². The van der Waals surface area contributed by atoms with Gasteiger partial charge in [-0.05, 0) is 49.8 Å². The molecule has 1 fully saturated rings. The van der Waals surface area contributed by atoms with Crippen molar-refractivity contribution in [3.05, 3.63) is 65.2 Å². The summed E-state index contributed by atoms with van der Waals surface area (Å²) in [4.78, 5) is 15.1. The van der Waals surface area contributed by atoms with Crippen LogP contribution in [0.2, 0.25) is 0 Å². The predicted octanol–water partition coefficient (Wildman–Crippen LogP) is 5.14. The normalized spacial score (nSPS) is 16.7. The molecule has 1 heterocycles. The van der Waals surface area contributed by atoms with Gasteiger partial charge in [0.25, 0.3) is 0 Å². The Labute approximate surface area is 163 Å². The maximum absolute atomic E-state index is 12.6. The van der Waals surface area contributed by atoms with E-state index in [0.717, 1.165) is 31.5 Å². The van der Waals surface area contributed by atoms with Crippen molar-refractivity contribution in [1.82, 2.24) is 0 Å². The molecule has 2 aromatic rings. The molecule has 0 bridgehead atoms. The van der Waals surface area contributed by atoms with E-state index in [2.05, 4.69) is 67.3 Å². The molecule has 1 aliphatic rings. The lowest BCUT2D eigenvalue weighted by atomic mass is 9.77. The summed E-state index contributed by atoms with van der Waals surface area (Å²) in [6.07, 6.45) is 5.76. The Balaban J connectivity index is 2.03. The molecule has 3 nitrogen and oxygen atoms in total. The highest BCUT2D eigenvalue weighted by Crippen LogP contribution is 2.41. The SMILES string of the molecule is CCCC(c1ccccc1N1CCCCC1)C(C(N)=O)c1ccc(C)cc1. The number of piperidine rings is 1. The van der Waals surface area contributed by atoms with E-state index in [1.807, 2.05) is 0 Å². The molecule has 3 rings (SSSR count). The van der Waals surface area contributed by atoms with E-state index in [9.17, 15) is 4.79 Å². The number of hydrogen-bond acceptors (Lipinski definition) is 2. The van der Waals surface area contributed by atoms with Crippen molar-refractivity contribution >= 4 is 11.6 Å². The molecule has 0 saturated carbocycles. The minimum Gasteiger partial charge on any atom is -0.371 e. The van der Waals surface area contributed by atoms with Crippen LogP contribution < -0.4 is 10.6 Å². The van der Waals surface area contributed by atoms with Gasteiger partial charge in [-0.1, -0.05) is 61.4 Å². The fourth-order valence-corrected chi connectivity index (χ4v) is 4.41. The maximum Gasteiger partial charge on any atom is 0.225 e. The van der Waals surface area contributed by atoms with Gasteiger partial charge in [-0.3, -0.25) is 4.79 Å². The number of rotatable bonds is 7. The molecule has 2 unspecified atom stereocenters. The summed E-state index contributed by atoms with van der Waals surface area (Å²) < 4.78 is 0. The van der Waals surface area contributed by atoms with Gasteiger partial charge in [0.05, 0.1) is 5.92 Å². The minimum absolute atomic E-state index is 0.105. The Morgan fingerprint density at radius 1 is 1.04 bits per heavy atom. The number of para-hydroxylation sites is 1. The Morgan fingerprint density at radius 3 is 2.33 bits per heavy atom. The number of aryl methyl sites for hydroxylation is 1. The number of carbonyl (C=O) groups is 1. The lowest BCUT2D eigenvalue weighted by Gasteiger charge is -2.34. The zero-order chi connectivity index (χ0) is 19.2. The molecule has 0 aromatic heterocycles. The van der Waals surface area contributed by atoms with E-state index < -0.39 is 0 Å². The summed E-state index contributed by atoms with van der Waals surface area (Å²) in [5.74, 6) is -0.421. The Hall–Kier alpha value is -2.29. The highest BCUT2D eigenvalue weighted by Gasteiger charge is 2.31. The summed E-state index contributed by atoms with van der Waals surface area (Å²) >= 11 is 0. The number of carbonyl (C=O) groups excluding carboxylic acids is 1. The molecule has 0 radical (unpaired) electrons. The first kappa shape index (κ1) is 19.5. The smallest absolute Gasteiger partial charge is 0.225 e. The van der Waals surface area contributed by atoms with Crippen molar-refractivity contribution in [2.24, 2.45) is 5.73 Å². The van der Waals surface area contributed by atoms with Crippen LogP contribution >= 0.6 is 0 Å². The quantitative estimate of drug-likeness (QED) is 0.739. The van der Waals surface area contributed by atoms with Crippen molar-refractivity contribution in [2.75, 3.05) is 18.0 Å². The highest BCUT2D eigenvalue weighted by atomic mass is 16.1. The van der Waals surface area contributed by atoms with Crippen LogP contribution in [0.4, 0.5) is 5.69 Å². The van der Waals surface area contributed by atoms with E-state index in [-0.39, 0.29) is 17.7 Å². The molecule has 0 aliphatic carbocycles. The molecule has 1 saturated heterocycles. The van der Waals surface area contributed by atoms with Gasteiger partial charge in [-0.2, -0.15) is 0 Å². The van der Waals surface area contributed by atoms with Crippen LogP contribution in [-0.2, 0) is 4.79 Å². The van der Waals surface area contributed by atoms with Gasteiger partial charge >= 0.3 is 0 Å². The molecule has 144 valence electrons. The van der Waals surface area contributed by atoms with E-state index in [1.54, 1.807) is 0 Å². The molecule has 2 aromatic carbocycles. The zero-order valence-corrected chi connectivity index (χ0v) is 16.7. The van der Waals surface area contributed by atoms with E-state index in [4.69, 9.17) is 5.73 Å². The van der Waals surface area contributed by atoms with Crippen molar-refractivity contribution in [1.29, 1.82) is 0 Å². The van der Waals surface area contributed by atoms with Crippen LogP contribution in [-0.4, -0.2) is 19.0 Å². The number of nitrogens with two attached hydrogens (primary N) is 1. The summed E-state index contributed by atoms with van der Waals surface area (Å²) in [7, 11) is 0. The molecule has 1 aliphatic heterocycles. The number of amides is 1. The van der Waals surface area contributed by atoms with Gasteiger partial charge in [0.1, 0.15) is 0 Å². The van der Waals surface area contributed by atoms with Crippen molar-refractivity contribution in [3.63, 3.8) is 0 Å². The second kappa shape index (κ2) is 9.07. The Morgan fingerprint density at radius 2 is 1.70 bits per heavy atom. The first-order valence-electron chi connectivity index (χ1n) is 10.3. The number of anilines is 1. The standard InChI is InChI=1S/C24H32N2O/c1-3-9-21(23(24(25)27)19-14-12-18(2)13-15-19)20-10-5-6-11-22(20)26-16-7-4-8-17-26/h5-6,10-15,21,23H,3-4,7-9,16-17H2,1-2H3,(H2,25,27). The Kier molecular flexibility index (Phi) is 6.54. The predicted molar refractivity (Wildman–Crippen MR) is 113 cm³/mol. The summed E-state index contributed by atoms with van der Waals surface area (Å²) in [6.45, 7) is 6.45. The fourth-order valence-electron chi connectivity index (χ4n) is 4.41. The van der Waals surface area contributed by atoms with Gasteiger partial charge in [0.2, 0.25) is 5.91 Å². The van der Waals surface area contributed by atoms with Gasteiger partial charge in [0.15, 0.2) is 0 Å². The number of primary amides is 1. The first-order chi connectivity index (χ1) is 13.1. The van der Waals surface area contributed by atoms with Crippen LogP contribution in [0, 0.1) is 6.92 Å². The number of nitrogens with zero attached hydrogens (tertiary/aromatic N) is 1. The minimum atomic E-state index is -0.295. The van der Waals surface area contributed by atoms with Crippen LogP contribution in [0.5, 0.6) is 0 Å². The molecule has 1 amide bonds. The number of benzene rings is 2. The van der Waals surface area contributed by atoms with Crippen molar-refractivity contribution in [3.8, 4) is 0 Å². The summed E-state index contributed by atoms with van der Waals surface area (Å²) in [5, 5.41) is 0. The number of hydrogen-bond donors (Lipinski definition) is 1. The van der Waals surface area contributed by atoms with Crippen molar-refractivity contribution < 1.29 is 4.79 Å². The summed E-state index contributed by atoms with van der Waals surface area (Å²) in [5.41, 5.74) is 10.7. The van der Waals surface area contributed by atoms with Crippen LogP contribution in [0.15, 0.2) is 48.5 Å². The van der Waals surface area contributed by atoms with E-state index in [0.29, 0.717) is 0 Å². The maximum atomic E-state index is 12.6. The molecule has 0 spiro atoms. The van der Waals surface area contributed by atoms with E-state index >= 15 is 0 Å². The van der Waals surface area contributed by atoms with Crippen LogP contribution in [0.1, 0.15) is 67.6 Å². The topological polar surface area (TPSA) is 46.3 Å². The largest absolute Gasteiger partial charge is 0.371 e. The molecule has 27 heavy (non-hydrogen) atoms.